The number of fused-ring (bicyclic) bond motifs is 2. The molecule has 1 aromatic heterocycles. The summed E-state index contributed by atoms with van der Waals surface area (Å²) in [6, 6.07) is 15.0. The fourth-order valence-electron chi connectivity index (χ4n) is 3.88. The van der Waals surface area contributed by atoms with Crippen LogP contribution in [0.5, 0.6) is 0 Å². The Bertz CT molecular complexity index is 951. The highest BCUT2D eigenvalue weighted by Gasteiger charge is 2.26. The molecule has 0 saturated carbocycles. The van der Waals surface area contributed by atoms with E-state index in [1.807, 2.05) is 48.5 Å². The third-order valence-electron chi connectivity index (χ3n) is 5.05. The molecule has 0 spiro atoms. The zero-order chi connectivity index (χ0) is 17.4. The number of aliphatic carboxylic acids is 1. The van der Waals surface area contributed by atoms with Crippen molar-refractivity contribution >= 4 is 22.6 Å². The van der Waals surface area contributed by atoms with Crippen LogP contribution < -0.4 is 5.73 Å². The summed E-state index contributed by atoms with van der Waals surface area (Å²) in [4.78, 5) is 16.9. The number of aryl methyl sites for hydroxylation is 1. The minimum absolute atomic E-state index is 0.706. The predicted octanol–water partition coefficient (Wildman–Crippen LogP) is 3.91. The van der Waals surface area contributed by atoms with Gasteiger partial charge in [-0.15, -0.1) is 0 Å². The normalized spacial score (nSPS) is 14.9. The van der Waals surface area contributed by atoms with Crippen LogP contribution in [0.3, 0.4) is 0 Å². The number of hydrogen-bond donors (Lipinski definition) is 2. The zero-order valence-electron chi connectivity index (χ0n) is 13.9. The molecule has 1 unspecified atom stereocenters. The molecule has 1 atom stereocenters. The quantitative estimate of drug-likeness (QED) is 0.762. The van der Waals surface area contributed by atoms with Crippen LogP contribution in [0, 0.1) is 0 Å². The molecule has 126 valence electrons. The Kier molecular flexibility index (Phi) is 3.88. The number of anilines is 1. The number of carboxylic acids is 1. The molecule has 3 aromatic rings. The monoisotopic (exact) mass is 332 g/mol. The Balaban J connectivity index is 1.99. The summed E-state index contributed by atoms with van der Waals surface area (Å²) in [5.41, 5.74) is 11.7. The molecule has 1 aliphatic carbocycles. The Labute approximate surface area is 146 Å². The molecule has 0 fully saturated rings. The van der Waals surface area contributed by atoms with Crippen LogP contribution in [0.1, 0.15) is 41.1 Å². The molecule has 0 amide bonds. The van der Waals surface area contributed by atoms with Gasteiger partial charge in [-0.05, 0) is 48.4 Å². The summed E-state index contributed by atoms with van der Waals surface area (Å²) in [6.07, 6.45) is 4.10. The first-order chi connectivity index (χ1) is 12.2. The number of aromatic nitrogens is 1. The van der Waals surface area contributed by atoms with Crippen LogP contribution >= 0.6 is 0 Å². The van der Waals surface area contributed by atoms with E-state index in [2.05, 4.69) is 0 Å². The lowest BCUT2D eigenvalue weighted by Crippen LogP contribution is -2.16. The molecule has 4 heteroatoms. The Morgan fingerprint density at radius 1 is 1.04 bits per heavy atom. The smallest absolute Gasteiger partial charge is 0.315 e. The van der Waals surface area contributed by atoms with Gasteiger partial charge in [0, 0.05) is 16.8 Å². The number of nitrogens with zero attached hydrogens (tertiary/aromatic N) is 1. The zero-order valence-corrected chi connectivity index (χ0v) is 13.9. The molecule has 0 bridgehead atoms. The number of carboxylic acid groups (broad SMARTS) is 1. The highest BCUT2D eigenvalue weighted by Crippen LogP contribution is 2.37. The van der Waals surface area contributed by atoms with E-state index in [1.165, 1.54) is 0 Å². The number of carbonyl (C=O) groups is 1. The number of nitrogen functional groups attached to an aromatic ring is 1. The van der Waals surface area contributed by atoms with Crippen molar-refractivity contribution in [3.63, 3.8) is 0 Å². The molecule has 0 saturated heterocycles. The fraction of sp³-hybridized carbons (Fsp3) is 0.238. The molecule has 1 heterocycles. The second-order valence-corrected chi connectivity index (χ2v) is 6.58. The minimum Gasteiger partial charge on any atom is -0.481 e. The first-order valence-electron chi connectivity index (χ1n) is 8.64. The van der Waals surface area contributed by atoms with Crippen molar-refractivity contribution in [2.75, 3.05) is 5.73 Å². The van der Waals surface area contributed by atoms with Crippen molar-refractivity contribution in [3.05, 3.63) is 70.9 Å². The SMILES string of the molecule is Nc1c2c(nc3cccc(C(C(=O)O)c4ccccc4)c13)CCCC2. The van der Waals surface area contributed by atoms with Gasteiger partial charge in [-0.3, -0.25) is 9.78 Å². The number of nitrogens with two attached hydrogens (primary N) is 1. The summed E-state index contributed by atoms with van der Waals surface area (Å²) in [6.45, 7) is 0. The Morgan fingerprint density at radius 3 is 2.56 bits per heavy atom. The predicted molar refractivity (Wildman–Crippen MR) is 98.7 cm³/mol. The first kappa shape index (κ1) is 15.6. The topological polar surface area (TPSA) is 76.2 Å². The van der Waals surface area contributed by atoms with Gasteiger partial charge in [0.25, 0.3) is 0 Å². The highest BCUT2D eigenvalue weighted by molar-refractivity contribution is 5.99. The molecule has 2 aromatic carbocycles. The lowest BCUT2D eigenvalue weighted by Gasteiger charge is -2.22. The van der Waals surface area contributed by atoms with E-state index in [0.29, 0.717) is 5.69 Å². The van der Waals surface area contributed by atoms with Crippen LogP contribution in [0.15, 0.2) is 48.5 Å². The van der Waals surface area contributed by atoms with E-state index < -0.39 is 11.9 Å². The van der Waals surface area contributed by atoms with Gasteiger partial charge in [-0.1, -0.05) is 42.5 Å². The standard InChI is InChI=1S/C21H20N2O2/c22-20-14-9-4-5-11-16(14)23-17-12-6-10-15(19(17)20)18(21(24)25)13-7-2-1-3-8-13/h1-3,6-8,10,12,18H,4-5,9,11H2,(H2,22,23)(H,24,25). The van der Waals surface area contributed by atoms with Crippen molar-refractivity contribution in [1.82, 2.24) is 4.98 Å². The molecule has 4 nitrogen and oxygen atoms in total. The van der Waals surface area contributed by atoms with Crippen LogP contribution in [-0.2, 0) is 17.6 Å². The van der Waals surface area contributed by atoms with Crippen LogP contribution in [0.25, 0.3) is 10.9 Å². The summed E-state index contributed by atoms with van der Waals surface area (Å²) in [7, 11) is 0. The van der Waals surface area contributed by atoms with Crippen LogP contribution in [0.4, 0.5) is 5.69 Å². The first-order valence-corrected chi connectivity index (χ1v) is 8.64. The molecular formula is C21H20N2O2. The average Bonchev–Trinajstić information content (AvgIpc) is 2.63. The second-order valence-electron chi connectivity index (χ2n) is 6.58. The second kappa shape index (κ2) is 6.20. The summed E-state index contributed by atoms with van der Waals surface area (Å²) in [5.74, 6) is -1.63. The van der Waals surface area contributed by atoms with Crippen LogP contribution in [-0.4, -0.2) is 16.1 Å². The maximum atomic E-state index is 12.1. The van der Waals surface area contributed by atoms with Crippen molar-refractivity contribution in [1.29, 1.82) is 0 Å². The lowest BCUT2D eigenvalue weighted by atomic mass is 9.86. The van der Waals surface area contributed by atoms with Gasteiger partial charge in [0.15, 0.2) is 0 Å². The number of rotatable bonds is 3. The van der Waals surface area contributed by atoms with Gasteiger partial charge in [0.05, 0.1) is 5.52 Å². The Hall–Kier alpha value is -2.88. The molecule has 0 aliphatic heterocycles. The van der Waals surface area contributed by atoms with Gasteiger partial charge in [-0.25, -0.2) is 0 Å². The van der Waals surface area contributed by atoms with Gasteiger partial charge in [0.1, 0.15) is 5.92 Å². The van der Waals surface area contributed by atoms with Crippen molar-refractivity contribution in [2.24, 2.45) is 0 Å². The van der Waals surface area contributed by atoms with Crippen molar-refractivity contribution in [2.45, 2.75) is 31.6 Å². The summed E-state index contributed by atoms with van der Waals surface area (Å²) >= 11 is 0. The lowest BCUT2D eigenvalue weighted by molar-refractivity contribution is -0.137. The molecule has 25 heavy (non-hydrogen) atoms. The van der Waals surface area contributed by atoms with E-state index >= 15 is 0 Å². The van der Waals surface area contributed by atoms with Crippen molar-refractivity contribution in [3.8, 4) is 0 Å². The number of hydrogen-bond acceptors (Lipinski definition) is 3. The molecule has 1 aliphatic rings. The van der Waals surface area contributed by atoms with Crippen LogP contribution in [0.2, 0.25) is 0 Å². The maximum Gasteiger partial charge on any atom is 0.315 e. The maximum absolute atomic E-state index is 12.1. The third-order valence-corrected chi connectivity index (χ3v) is 5.05. The van der Waals surface area contributed by atoms with Gasteiger partial charge >= 0.3 is 5.97 Å². The number of pyridine rings is 1. The number of benzene rings is 2. The fourth-order valence-corrected chi connectivity index (χ4v) is 3.88. The van der Waals surface area contributed by atoms with E-state index in [4.69, 9.17) is 10.7 Å². The summed E-state index contributed by atoms with van der Waals surface area (Å²) < 4.78 is 0. The Morgan fingerprint density at radius 2 is 1.80 bits per heavy atom. The third kappa shape index (κ3) is 2.64. The van der Waals surface area contributed by atoms with Gasteiger partial charge < -0.3 is 10.8 Å². The largest absolute Gasteiger partial charge is 0.481 e. The molecule has 3 N–H and O–H groups in total. The molecule has 0 radical (unpaired) electrons. The van der Waals surface area contributed by atoms with E-state index in [1.54, 1.807) is 0 Å². The van der Waals surface area contributed by atoms with Crippen molar-refractivity contribution < 1.29 is 9.90 Å². The summed E-state index contributed by atoms with van der Waals surface area (Å²) in [5, 5.41) is 10.7. The molecule has 4 rings (SSSR count). The average molecular weight is 332 g/mol. The minimum atomic E-state index is -0.879. The van der Waals surface area contributed by atoms with E-state index in [9.17, 15) is 9.90 Å². The van der Waals surface area contributed by atoms with Gasteiger partial charge in [-0.2, -0.15) is 0 Å². The van der Waals surface area contributed by atoms with Gasteiger partial charge in [0.2, 0.25) is 0 Å². The highest BCUT2D eigenvalue weighted by atomic mass is 16.4. The van der Waals surface area contributed by atoms with E-state index in [0.717, 1.165) is 59.0 Å². The molecular weight excluding hydrogens is 312 g/mol. The van der Waals surface area contributed by atoms with E-state index in [-0.39, 0.29) is 0 Å².